The van der Waals surface area contributed by atoms with Gasteiger partial charge in [-0.3, -0.25) is 0 Å². The van der Waals surface area contributed by atoms with Crippen LogP contribution in [0.4, 0.5) is 0 Å². The van der Waals surface area contributed by atoms with Gasteiger partial charge in [0.25, 0.3) is 0 Å². The number of allylic oxidation sites excluding steroid dienone is 9. The van der Waals surface area contributed by atoms with E-state index in [9.17, 15) is 0 Å². The Morgan fingerprint density at radius 2 is 1.31 bits per heavy atom. The van der Waals surface area contributed by atoms with Gasteiger partial charge < -0.3 is 0 Å². The van der Waals surface area contributed by atoms with E-state index >= 15 is 0 Å². The summed E-state index contributed by atoms with van der Waals surface area (Å²) in [6.07, 6.45) is 11.7. The Hall–Kier alpha value is -4.72. The Kier molecular flexibility index (Phi) is 8.12. The van der Waals surface area contributed by atoms with Gasteiger partial charge in [0.1, 0.15) is 0 Å². The first-order valence-corrected chi connectivity index (χ1v) is 15.2. The molecule has 204 valence electrons. The molecule has 4 aromatic carbocycles. The molecule has 0 bridgehead atoms. The van der Waals surface area contributed by atoms with E-state index in [0.29, 0.717) is 0 Å². The molecule has 1 aromatic heterocycles. The average molecular weight is 559 g/mol. The van der Waals surface area contributed by atoms with Crippen LogP contribution < -0.4 is 0 Å². The molecule has 0 saturated carbocycles. The Morgan fingerprint density at radius 3 is 2.05 bits per heavy atom. The molecule has 0 nitrogen and oxygen atoms in total. The minimum atomic E-state index is 0.897. The maximum atomic E-state index is 4.02. The first kappa shape index (κ1) is 27.4. The van der Waals surface area contributed by atoms with Crippen LogP contribution in [0.15, 0.2) is 152 Å². The lowest BCUT2D eigenvalue weighted by atomic mass is 9.80. The highest BCUT2D eigenvalue weighted by atomic mass is 32.1. The summed E-state index contributed by atoms with van der Waals surface area (Å²) in [5, 5.41) is 0. The Labute approximate surface area is 254 Å². The van der Waals surface area contributed by atoms with E-state index in [1.165, 1.54) is 71.0 Å². The highest BCUT2D eigenvalue weighted by Crippen LogP contribution is 2.42. The molecule has 1 heterocycles. The third-order valence-electron chi connectivity index (χ3n) is 7.90. The molecule has 5 aromatic rings. The van der Waals surface area contributed by atoms with Gasteiger partial charge in [-0.1, -0.05) is 128 Å². The standard InChI is InChI=1S/C41H34S/c1-4-13-35(41-25-24-40(42-41)32-16-9-6-10-17-32)27-36-26-34-23-22-33(28-39(34)38-19-12-11-18-37(36)38)30(3)21-20-29(2)31-14-7-5-8-15-31/h4-25,27-28H,1,26H2,2-3H3/b29-20+,30-21+,35-13+,36-27+. The highest BCUT2D eigenvalue weighted by Gasteiger charge is 2.21. The van der Waals surface area contributed by atoms with Crippen LogP contribution in [0.3, 0.4) is 0 Å². The van der Waals surface area contributed by atoms with Gasteiger partial charge >= 0.3 is 0 Å². The molecule has 0 fully saturated rings. The monoisotopic (exact) mass is 558 g/mol. The van der Waals surface area contributed by atoms with Gasteiger partial charge in [0.05, 0.1) is 0 Å². The normalized spacial score (nSPS) is 14.4. The molecular formula is C41H34S. The lowest BCUT2D eigenvalue weighted by Gasteiger charge is -2.24. The predicted molar refractivity (Wildman–Crippen MR) is 185 cm³/mol. The van der Waals surface area contributed by atoms with Gasteiger partial charge in [-0.25, -0.2) is 0 Å². The SMILES string of the molecule is C=C/C=C(\C=C1/Cc2ccc(/C(C)=C/C=C(\C)c3ccccc3)cc2-c2ccccc21)c1ccc(-c2ccccc2)s1. The number of fused-ring (bicyclic) bond motifs is 3. The second-order valence-electron chi connectivity index (χ2n) is 10.7. The first-order chi connectivity index (χ1) is 20.6. The summed E-state index contributed by atoms with van der Waals surface area (Å²) in [6.45, 7) is 8.40. The molecule has 42 heavy (non-hydrogen) atoms. The van der Waals surface area contributed by atoms with Crippen LogP contribution in [0.2, 0.25) is 0 Å². The lowest BCUT2D eigenvalue weighted by Crippen LogP contribution is -2.04. The topological polar surface area (TPSA) is 0 Å². The second kappa shape index (κ2) is 12.4. The van der Waals surface area contributed by atoms with Crippen LogP contribution in [-0.4, -0.2) is 0 Å². The number of benzene rings is 4. The number of rotatable bonds is 7. The minimum Gasteiger partial charge on any atom is -0.135 e. The molecule has 1 aliphatic carbocycles. The van der Waals surface area contributed by atoms with E-state index in [0.717, 1.165) is 6.42 Å². The van der Waals surface area contributed by atoms with Crippen molar-refractivity contribution in [3.05, 3.63) is 179 Å². The smallest absolute Gasteiger partial charge is 0.0349 e. The van der Waals surface area contributed by atoms with E-state index in [1.54, 1.807) is 0 Å². The molecule has 6 rings (SSSR count). The summed E-state index contributed by atoms with van der Waals surface area (Å²) in [7, 11) is 0. The zero-order valence-electron chi connectivity index (χ0n) is 24.2. The van der Waals surface area contributed by atoms with E-state index in [4.69, 9.17) is 0 Å². The molecule has 0 aliphatic heterocycles. The fourth-order valence-electron chi connectivity index (χ4n) is 5.56. The molecule has 0 N–H and O–H groups in total. The van der Waals surface area contributed by atoms with Gasteiger partial charge in [-0.15, -0.1) is 11.3 Å². The van der Waals surface area contributed by atoms with Crippen molar-refractivity contribution in [2.45, 2.75) is 20.3 Å². The first-order valence-electron chi connectivity index (χ1n) is 14.4. The van der Waals surface area contributed by atoms with Gasteiger partial charge in [0, 0.05) is 9.75 Å². The van der Waals surface area contributed by atoms with E-state index in [-0.39, 0.29) is 0 Å². The number of hydrogen-bond donors (Lipinski definition) is 0. The van der Waals surface area contributed by atoms with Gasteiger partial charge in [-0.2, -0.15) is 0 Å². The fourth-order valence-corrected chi connectivity index (χ4v) is 6.57. The van der Waals surface area contributed by atoms with Crippen molar-refractivity contribution in [3.63, 3.8) is 0 Å². The Morgan fingerprint density at radius 1 is 0.643 bits per heavy atom. The molecule has 0 saturated heterocycles. The van der Waals surface area contributed by atoms with Crippen molar-refractivity contribution >= 4 is 33.6 Å². The van der Waals surface area contributed by atoms with E-state index in [1.807, 2.05) is 17.4 Å². The van der Waals surface area contributed by atoms with Crippen molar-refractivity contribution in [1.82, 2.24) is 0 Å². The molecule has 0 spiro atoms. The van der Waals surface area contributed by atoms with Gasteiger partial charge in [0.2, 0.25) is 0 Å². The third-order valence-corrected chi connectivity index (χ3v) is 9.08. The largest absolute Gasteiger partial charge is 0.135 e. The second-order valence-corrected chi connectivity index (χ2v) is 11.8. The lowest BCUT2D eigenvalue weighted by molar-refractivity contribution is 1.24. The number of thiophene rings is 1. The highest BCUT2D eigenvalue weighted by molar-refractivity contribution is 7.16. The molecule has 0 radical (unpaired) electrons. The summed E-state index contributed by atoms with van der Waals surface area (Å²) in [5.41, 5.74) is 14.1. The van der Waals surface area contributed by atoms with Crippen LogP contribution in [0, 0.1) is 0 Å². The van der Waals surface area contributed by atoms with Crippen LogP contribution in [-0.2, 0) is 6.42 Å². The maximum Gasteiger partial charge on any atom is 0.0349 e. The van der Waals surface area contributed by atoms with Crippen molar-refractivity contribution in [2.75, 3.05) is 0 Å². The summed E-state index contributed by atoms with van der Waals surface area (Å²) in [4.78, 5) is 2.53. The predicted octanol–water partition coefficient (Wildman–Crippen LogP) is 11.8. The molecular weight excluding hydrogens is 525 g/mol. The Bertz CT molecular complexity index is 1860. The van der Waals surface area contributed by atoms with Crippen molar-refractivity contribution in [2.24, 2.45) is 0 Å². The number of hydrogen-bond acceptors (Lipinski definition) is 1. The molecule has 0 amide bonds. The van der Waals surface area contributed by atoms with Gasteiger partial charge in [0.15, 0.2) is 0 Å². The fraction of sp³-hybridized carbons (Fsp3) is 0.0732. The van der Waals surface area contributed by atoms with Crippen LogP contribution in [0.1, 0.15) is 41.0 Å². The zero-order valence-corrected chi connectivity index (χ0v) is 25.0. The van der Waals surface area contributed by atoms with Crippen LogP contribution in [0.25, 0.3) is 43.9 Å². The average Bonchev–Trinajstić information content (AvgIpc) is 3.54. The molecule has 1 heteroatoms. The van der Waals surface area contributed by atoms with E-state index in [2.05, 4.69) is 160 Å². The minimum absolute atomic E-state index is 0.897. The van der Waals surface area contributed by atoms with E-state index < -0.39 is 0 Å². The third kappa shape index (κ3) is 5.84. The summed E-state index contributed by atoms with van der Waals surface area (Å²) >= 11 is 1.83. The molecule has 0 unspecified atom stereocenters. The quantitative estimate of drug-likeness (QED) is 0.174. The van der Waals surface area contributed by atoms with Crippen molar-refractivity contribution in [3.8, 4) is 21.6 Å². The molecule has 0 atom stereocenters. The summed E-state index contributed by atoms with van der Waals surface area (Å²) in [5.74, 6) is 0. The van der Waals surface area contributed by atoms with Crippen molar-refractivity contribution < 1.29 is 0 Å². The van der Waals surface area contributed by atoms with Crippen LogP contribution >= 0.6 is 11.3 Å². The Balaban J connectivity index is 1.33. The van der Waals surface area contributed by atoms with Gasteiger partial charge in [-0.05, 0) is 106 Å². The van der Waals surface area contributed by atoms with Crippen LogP contribution in [0.5, 0.6) is 0 Å². The summed E-state index contributed by atoms with van der Waals surface area (Å²) < 4.78 is 0. The maximum absolute atomic E-state index is 4.02. The molecule has 1 aliphatic rings. The van der Waals surface area contributed by atoms with Crippen molar-refractivity contribution in [1.29, 1.82) is 0 Å². The zero-order chi connectivity index (χ0) is 28.9. The summed E-state index contributed by atoms with van der Waals surface area (Å²) in [6, 6.07) is 41.4.